The van der Waals surface area contributed by atoms with Gasteiger partial charge in [0.15, 0.2) is 0 Å². The molecule has 0 radical (unpaired) electrons. The lowest BCUT2D eigenvalue weighted by atomic mass is 10.1. The molecule has 3 amide bonds. The van der Waals surface area contributed by atoms with Gasteiger partial charge in [0.05, 0.1) is 16.8 Å². The number of hydrogen-bond donors (Lipinski definition) is 3. The first-order valence-corrected chi connectivity index (χ1v) is 13.8. The van der Waals surface area contributed by atoms with Crippen molar-refractivity contribution in [2.45, 2.75) is 6.92 Å². The molecule has 9 heteroatoms. The van der Waals surface area contributed by atoms with E-state index in [1.165, 1.54) is 0 Å². The van der Waals surface area contributed by atoms with Crippen molar-refractivity contribution in [1.82, 2.24) is 14.8 Å². The van der Waals surface area contributed by atoms with Crippen molar-refractivity contribution in [2.24, 2.45) is 0 Å². The number of hydrogen-bond acceptors (Lipinski definition) is 5. The van der Waals surface area contributed by atoms with Crippen LogP contribution in [-0.4, -0.2) is 65.7 Å². The molecule has 3 N–H and O–H groups in total. The maximum Gasteiger partial charge on any atom is 0.256 e. The van der Waals surface area contributed by atoms with E-state index in [2.05, 4.69) is 27.6 Å². The normalized spacial score (nSPS) is 15.8. The van der Waals surface area contributed by atoms with Gasteiger partial charge >= 0.3 is 0 Å². The minimum atomic E-state index is -0.232. The number of fused-ring (bicyclic) bond motifs is 1. The van der Waals surface area contributed by atoms with Gasteiger partial charge in [-0.2, -0.15) is 0 Å². The Morgan fingerprint density at radius 1 is 0.905 bits per heavy atom. The van der Waals surface area contributed by atoms with Crippen LogP contribution in [0.2, 0.25) is 0 Å². The number of carbonyl (C=O) groups is 3. The van der Waals surface area contributed by atoms with Crippen LogP contribution in [0.5, 0.6) is 11.5 Å². The maximum absolute atomic E-state index is 12.9. The van der Waals surface area contributed by atoms with Gasteiger partial charge in [-0.25, -0.2) is 0 Å². The summed E-state index contributed by atoms with van der Waals surface area (Å²) in [4.78, 5) is 45.6. The van der Waals surface area contributed by atoms with Gasteiger partial charge in [-0.15, -0.1) is 0 Å². The number of aromatic nitrogens is 1. The number of amides is 3. The van der Waals surface area contributed by atoms with Crippen molar-refractivity contribution in [3.63, 3.8) is 0 Å². The van der Waals surface area contributed by atoms with Crippen molar-refractivity contribution in [3.05, 3.63) is 107 Å². The third-order valence-corrected chi connectivity index (χ3v) is 7.42. The van der Waals surface area contributed by atoms with Gasteiger partial charge in [-0.1, -0.05) is 23.8 Å². The number of likely N-dealkylation sites (N-methyl/N-ethyl adjacent to an activating group) is 1. The zero-order valence-corrected chi connectivity index (χ0v) is 23.4. The molecule has 0 saturated carbocycles. The molecule has 3 aromatic carbocycles. The summed E-state index contributed by atoms with van der Waals surface area (Å²) in [5.41, 5.74) is 5.32. The van der Waals surface area contributed by atoms with E-state index >= 15 is 0 Å². The molecule has 212 valence electrons. The highest BCUT2D eigenvalue weighted by Gasteiger charge is 2.26. The SMILES string of the molecule is Cc1cccc(C(=O)Nc2cccc(Oc3ccc4c(c3)NC(=O)C4=Cc3cc(C(=O)N4CCN(C)CC4)c[nH]3)c2)c1. The van der Waals surface area contributed by atoms with Crippen LogP contribution in [0.3, 0.4) is 0 Å². The monoisotopic (exact) mass is 561 g/mol. The van der Waals surface area contributed by atoms with E-state index in [-0.39, 0.29) is 17.7 Å². The van der Waals surface area contributed by atoms with Crippen LogP contribution < -0.4 is 15.4 Å². The van der Waals surface area contributed by atoms with Crippen LogP contribution >= 0.6 is 0 Å². The number of aryl methyl sites for hydroxylation is 1. The van der Waals surface area contributed by atoms with Gasteiger partial charge in [-0.05, 0) is 62.5 Å². The Bertz CT molecular complexity index is 1710. The molecule has 0 bridgehead atoms. The average Bonchev–Trinajstić information content (AvgIpc) is 3.57. The first-order chi connectivity index (χ1) is 20.3. The molecule has 3 heterocycles. The van der Waals surface area contributed by atoms with E-state index in [1.54, 1.807) is 60.8 Å². The number of aromatic amines is 1. The number of benzene rings is 3. The molecular weight excluding hydrogens is 530 g/mol. The summed E-state index contributed by atoms with van der Waals surface area (Å²) < 4.78 is 6.06. The predicted molar refractivity (Wildman–Crippen MR) is 163 cm³/mol. The number of H-pyrrole nitrogens is 1. The number of piperazine rings is 1. The Kier molecular flexibility index (Phi) is 7.33. The third-order valence-electron chi connectivity index (χ3n) is 7.42. The van der Waals surface area contributed by atoms with E-state index in [0.717, 1.165) is 24.2 Å². The van der Waals surface area contributed by atoms with Crippen molar-refractivity contribution in [1.29, 1.82) is 0 Å². The fraction of sp³-hybridized carbons (Fsp3) is 0.182. The number of carbonyl (C=O) groups excluding carboxylic acids is 3. The van der Waals surface area contributed by atoms with Gasteiger partial charge in [0.2, 0.25) is 0 Å². The largest absolute Gasteiger partial charge is 0.457 e. The highest BCUT2D eigenvalue weighted by atomic mass is 16.5. The number of ether oxygens (including phenoxy) is 1. The Morgan fingerprint density at radius 2 is 1.69 bits per heavy atom. The number of nitrogens with zero attached hydrogens (tertiary/aromatic N) is 2. The summed E-state index contributed by atoms with van der Waals surface area (Å²) in [5.74, 6) is 0.636. The van der Waals surface area contributed by atoms with Crippen LogP contribution in [0.15, 0.2) is 79.0 Å². The third kappa shape index (κ3) is 5.82. The molecule has 0 unspecified atom stereocenters. The lowest BCUT2D eigenvalue weighted by Gasteiger charge is -2.32. The standard InChI is InChI=1S/C33H31N5O4/c1-21-5-3-6-22(15-21)31(39)35-24-7-4-8-26(17-24)42-27-9-10-28-29(32(40)36-30(28)19-27)18-25-16-23(20-34-25)33(41)38-13-11-37(2)12-14-38/h3-10,15-20,34H,11-14H2,1-2H3,(H,35,39)(H,36,40). The second-order valence-electron chi connectivity index (χ2n) is 10.6. The quantitative estimate of drug-likeness (QED) is 0.279. The molecule has 4 aromatic rings. The van der Waals surface area contributed by atoms with Gasteiger partial charge in [0.25, 0.3) is 17.7 Å². The van der Waals surface area contributed by atoms with Crippen molar-refractivity contribution in [3.8, 4) is 11.5 Å². The van der Waals surface area contributed by atoms with Crippen LogP contribution in [0.1, 0.15) is 37.5 Å². The second-order valence-corrected chi connectivity index (χ2v) is 10.6. The zero-order chi connectivity index (χ0) is 29.2. The molecule has 6 rings (SSSR count). The smallest absolute Gasteiger partial charge is 0.256 e. The summed E-state index contributed by atoms with van der Waals surface area (Å²) in [6.45, 7) is 5.04. The highest BCUT2D eigenvalue weighted by molar-refractivity contribution is 6.35. The van der Waals surface area contributed by atoms with Crippen molar-refractivity contribution < 1.29 is 19.1 Å². The molecular formula is C33H31N5O4. The number of rotatable bonds is 6. The summed E-state index contributed by atoms with van der Waals surface area (Å²) in [5, 5.41) is 5.81. The Balaban J connectivity index is 1.14. The summed E-state index contributed by atoms with van der Waals surface area (Å²) in [6.07, 6.45) is 3.44. The van der Waals surface area contributed by atoms with E-state index < -0.39 is 0 Å². The molecule has 0 aliphatic carbocycles. The fourth-order valence-electron chi connectivity index (χ4n) is 5.11. The average molecular weight is 562 g/mol. The number of anilines is 2. The van der Waals surface area contributed by atoms with E-state index in [1.807, 2.05) is 36.1 Å². The minimum Gasteiger partial charge on any atom is -0.457 e. The molecule has 0 atom stereocenters. The molecule has 2 aliphatic heterocycles. The topological polar surface area (TPSA) is 107 Å². The van der Waals surface area contributed by atoms with Gasteiger partial charge in [-0.3, -0.25) is 14.4 Å². The van der Waals surface area contributed by atoms with Crippen LogP contribution in [0, 0.1) is 6.92 Å². The summed E-state index contributed by atoms with van der Waals surface area (Å²) in [7, 11) is 2.05. The van der Waals surface area contributed by atoms with E-state index in [4.69, 9.17) is 4.74 Å². The van der Waals surface area contributed by atoms with E-state index in [9.17, 15) is 14.4 Å². The first-order valence-electron chi connectivity index (χ1n) is 13.8. The molecule has 1 aromatic heterocycles. The fourth-order valence-corrected chi connectivity index (χ4v) is 5.11. The lowest BCUT2D eigenvalue weighted by Crippen LogP contribution is -2.47. The highest BCUT2D eigenvalue weighted by Crippen LogP contribution is 2.37. The molecule has 1 saturated heterocycles. The molecule has 1 fully saturated rings. The van der Waals surface area contributed by atoms with Crippen LogP contribution in [-0.2, 0) is 4.79 Å². The second kappa shape index (κ2) is 11.4. The Hall–Kier alpha value is -5.15. The van der Waals surface area contributed by atoms with Crippen LogP contribution in [0.4, 0.5) is 11.4 Å². The maximum atomic E-state index is 12.9. The van der Waals surface area contributed by atoms with Gasteiger partial charge in [0, 0.05) is 67.0 Å². The first kappa shape index (κ1) is 27.0. The van der Waals surface area contributed by atoms with Gasteiger partial charge < -0.3 is 30.2 Å². The molecule has 9 nitrogen and oxygen atoms in total. The van der Waals surface area contributed by atoms with Crippen molar-refractivity contribution in [2.75, 3.05) is 43.9 Å². The Labute approximate surface area is 243 Å². The van der Waals surface area contributed by atoms with Crippen LogP contribution in [0.25, 0.3) is 11.6 Å². The number of nitrogens with one attached hydrogen (secondary N) is 3. The summed E-state index contributed by atoms with van der Waals surface area (Å²) in [6, 6.07) is 21.7. The lowest BCUT2D eigenvalue weighted by molar-refractivity contribution is -0.110. The van der Waals surface area contributed by atoms with E-state index in [0.29, 0.717) is 58.4 Å². The minimum absolute atomic E-state index is 0.0131. The summed E-state index contributed by atoms with van der Waals surface area (Å²) >= 11 is 0. The molecule has 0 spiro atoms. The van der Waals surface area contributed by atoms with Gasteiger partial charge in [0.1, 0.15) is 11.5 Å². The molecule has 42 heavy (non-hydrogen) atoms. The predicted octanol–water partition coefficient (Wildman–Crippen LogP) is 5.25. The van der Waals surface area contributed by atoms with Crippen molar-refractivity contribution >= 4 is 40.7 Å². The Morgan fingerprint density at radius 3 is 2.50 bits per heavy atom. The zero-order valence-electron chi connectivity index (χ0n) is 23.4. The molecule has 2 aliphatic rings.